The topological polar surface area (TPSA) is 141 Å². The number of aromatic nitrogens is 1. The fourth-order valence-electron chi connectivity index (χ4n) is 4.88. The number of amides is 3. The highest BCUT2D eigenvalue weighted by Crippen LogP contribution is 2.48. The number of carbonyl (C=O) groups excluding carboxylic acids is 3. The summed E-state index contributed by atoms with van der Waals surface area (Å²) in [5.41, 5.74) is 4.93. The zero-order chi connectivity index (χ0) is 29.0. The number of benzene rings is 1. The van der Waals surface area contributed by atoms with E-state index >= 15 is 0 Å². The Hall–Kier alpha value is -3.79. The lowest BCUT2D eigenvalue weighted by Crippen LogP contribution is -2.61. The summed E-state index contributed by atoms with van der Waals surface area (Å²) in [6.07, 6.45) is 7.06. The average molecular weight is 550 g/mol. The molecule has 0 bridgehead atoms. The number of fused-ring (bicyclic) bond motifs is 1. The Kier molecular flexibility index (Phi) is 8.88. The van der Waals surface area contributed by atoms with Crippen LogP contribution >= 0.6 is 0 Å². The maximum atomic E-state index is 13.3. The summed E-state index contributed by atoms with van der Waals surface area (Å²) >= 11 is 0. The van der Waals surface area contributed by atoms with Crippen LogP contribution in [0.3, 0.4) is 0 Å². The van der Waals surface area contributed by atoms with Gasteiger partial charge in [0.15, 0.2) is 0 Å². The molecule has 1 saturated heterocycles. The molecule has 10 heteroatoms. The van der Waals surface area contributed by atoms with Gasteiger partial charge in [0.25, 0.3) is 5.91 Å². The molecule has 2 fully saturated rings. The van der Waals surface area contributed by atoms with E-state index in [-0.39, 0.29) is 11.8 Å². The number of hydrogen-bond donors (Lipinski definition) is 4. The molecule has 1 aromatic heterocycles. The van der Waals surface area contributed by atoms with Crippen LogP contribution in [0.15, 0.2) is 36.4 Å². The van der Waals surface area contributed by atoms with E-state index in [0.29, 0.717) is 32.2 Å². The second-order valence-electron chi connectivity index (χ2n) is 11.2. The number of pyridine rings is 1. The van der Waals surface area contributed by atoms with E-state index in [4.69, 9.17) is 4.98 Å². The molecule has 10 nitrogen and oxygen atoms in total. The molecule has 2 heterocycles. The van der Waals surface area contributed by atoms with E-state index in [2.05, 4.69) is 29.0 Å². The van der Waals surface area contributed by atoms with Crippen LogP contribution in [0.4, 0.5) is 0 Å². The van der Waals surface area contributed by atoms with E-state index in [1.165, 1.54) is 5.01 Å². The van der Waals surface area contributed by atoms with Crippen molar-refractivity contribution in [3.8, 4) is 0 Å². The van der Waals surface area contributed by atoms with Gasteiger partial charge in [0.2, 0.25) is 11.8 Å². The van der Waals surface area contributed by atoms with Crippen LogP contribution in [0.5, 0.6) is 0 Å². The Labute approximate surface area is 234 Å². The van der Waals surface area contributed by atoms with E-state index < -0.39 is 41.3 Å². The Balaban J connectivity index is 1.38. The molecule has 1 saturated carbocycles. The molecule has 2 aromatic rings. The highest BCUT2D eigenvalue weighted by Gasteiger charge is 2.48. The SMILES string of the molecule is CCc1ccc2ccc(/C=C/C3(C(=O)NC(C(=O)NC(C)C(=O)N4CCCC(C(=O)O)N4)C(C)C)CC3)cc2n1. The van der Waals surface area contributed by atoms with Gasteiger partial charge in [0, 0.05) is 17.6 Å². The second-order valence-corrected chi connectivity index (χ2v) is 11.2. The smallest absolute Gasteiger partial charge is 0.322 e. The first-order valence-corrected chi connectivity index (χ1v) is 14.0. The lowest BCUT2D eigenvalue weighted by atomic mass is 9.99. The van der Waals surface area contributed by atoms with Crippen molar-refractivity contribution >= 4 is 40.7 Å². The standard InChI is InChI=1S/C30H39N5O5/c1-5-22-11-10-21-9-8-20(17-24(21)32-22)12-13-30(14-15-30)29(40)33-25(18(2)3)26(36)31-19(4)27(37)35-16-6-7-23(34-35)28(38)39/h8-13,17-19,23,25,34H,5-7,14-16H2,1-4H3,(H,31,36)(H,33,40)(H,38,39)/b13-12+. The number of carbonyl (C=O) groups is 4. The maximum absolute atomic E-state index is 13.3. The van der Waals surface area contributed by atoms with Gasteiger partial charge >= 0.3 is 5.97 Å². The summed E-state index contributed by atoms with van der Waals surface area (Å²) in [5, 5.41) is 17.2. The molecular weight excluding hydrogens is 510 g/mol. The minimum atomic E-state index is -1.03. The minimum Gasteiger partial charge on any atom is -0.480 e. The summed E-state index contributed by atoms with van der Waals surface area (Å²) in [5.74, 6) is -2.34. The molecule has 3 atom stereocenters. The number of rotatable bonds is 10. The van der Waals surface area contributed by atoms with Crippen LogP contribution in [0.1, 0.15) is 64.6 Å². The highest BCUT2D eigenvalue weighted by atomic mass is 16.4. The quantitative estimate of drug-likeness (QED) is 0.357. The first-order valence-electron chi connectivity index (χ1n) is 14.0. The second kappa shape index (κ2) is 12.2. The molecule has 40 heavy (non-hydrogen) atoms. The van der Waals surface area contributed by atoms with Crippen LogP contribution in [0.25, 0.3) is 17.0 Å². The number of carboxylic acids is 1. The molecule has 0 radical (unpaired) electrons. The summed E-state index contributed by atoms with van der Waals surface area (Å²) in [7, 11) is 0. The van der Waals surface area contributed by atoms with E-state index in [0.717, 1.165) is 28.6 Å². The van der Waals surface area contributed by atoms with Gasteiger partial charge in [-0.2, -0.15) is 0 Å². The van der Waals surface area contributed by atoms with Gasteiger partial charge < -0.3 is 15.7 Å². The molecule has 1 aromatic carbocycles. The van der Waals surface area contributed by atoms with Crippen molar-refractivity contribution in [1.82, 2.24) is 26.1 Å². The van der Waals surface area contributed by atoms with Crippen LogP contribution in [0, 0.1) is 11.3 Å². The lowest BCUT2D eigenvalue weighted by Gasteiger charge is -2.34. The third-order valence-corrected chi connectivity index (χ3v) is 7.69. The molecule has 4 N–H and O–H groups in total. The number of hydrogen-bond acceptors (Lipinski definition) is 6. The van der Waals surface area contributed by atoms with Crippen molar-refractivity contribution in [2.45, 2.75) is 77.9 Å². The first-order chi connectivity index (χ1) is 19.0. The van der Waals surface area contributed by atoms with Gasteiger partial charge in [-0.15, -0.1) is 0 Å². The summed E-state index contributed by atoms with van der Waals surface area (Å²) in [6.45, 7) is 7.65. The van der Waals surface area contributed by atoms with Crippen LogP contribution in [0.2, 0.25) is 0 Å². The molecule has 214 valence electrons. The van der Waals surface area contributed by atoms with E-state index in [1.807, 2.05) is 50.3 Å². The third kappa shape index (κ3) is 6.67. The van der Waals surface area contributed by atoms with Crippen molar-refractivity contribution in [2.75, 3.05) is 6.54 Å². The first kappa shape index (κ1) is 29.2. The number of carboxylic acid groups (broad SMARTS) is 1. The van der Waals surface area contributed by atoms with Crippen LogP contribution in [-0.4, -0.2) is 63.5 Å². The fraction of sp³-hybridized carbons (Fsp3) is 0.500. The van der Waals surface area contributed by atoms with Crippen molar-refractivity contribution in [3.05, 3.63) is 47.7 Å². The Morgan fingerprint density at radius 1 is 1.15 bits per heavy atom. The van der Waals surface area contributed by atoms with Crippen LogP contribution in [-0.2, 0) is 25.6 Å². The number of nitrogens with zero attached hydrogens (tertiary/aromatic N) is 2. The summed E-state index contributed by atoms with van der Waals surface area (Å²) in [6, 6.07) is 7.55. The molecule has 1 aliphatic heterocycles. The van der Waals surface area contributed by atoms with Gasteiger partial charge in [0.1, 0.15) is 18.1 Å². The molecule has 1 aliphatic carbocycles. The van der Waals surface area contributed by atoms with Gasteiger partial charge in [-0.1, -0.05) is 51.1 Å². The normalized spacial score (nSPS) is 19.8. The largest absolute Gasteiger partial charge is 0.480 e. The van der Waals surface area contributed by atoms with Gasteiger partial charge in [0.05, 0.1) is 10.9 Å². The Bertz CT molecular complexity index is 1320. The zero-order valence-corrected chi connectivity index (χ0v) is 23.6. The Morgan fingerprint density at radius 2 is 1.88 bits per heavy atom. The molecule has 4 rings (SSSR count). The number of hydrazine groups is 1. The fourth-order valence-corrected chi connectivity index (χ4v) is 4.88. The predicted molar refractivity (Wildman–Crippen MR) is 152 cm³/mol. The molecule has 2 aliphatic rings. The predicted octanol–water partition coefficient (Wildman–Crippen LogP) is 2.82. The van der Waals surface area contributed by atoms with Crippen molar-refractivity contribution in [1.29, 1.82) is 0 Å². The Morgan fingerprint density at radius 3 is 2.52 bits per heavy atom. The number of nitrogens with one attached hydrogen (secondary N) is 3. The summed E-state index contributed by atoms with van der Waals surface area (Å²) < 4.78 is 0. The molecular formula is C30H39N5O5. The molecule has 3 amide bonds. The van der Waals surface area contributed by atoms with Crippen molar-refractivity contribution in [2.24, 2.45) is 11.3 Å². The zero-order valence-electron chi connectivity index (χ0n) is 23.6. The van der Waals surface area contributed by atoms with Gasteiger partial charge in [-0.3, -0.25) is 29.2 Å². The molecule has 3 unspecified atom stereocenters. The van der Waals surface area contributed by atoms with Crippen LogP contribution < -0.4 is 16.1 Å². The minimum absolute atomic E-state index is 0.213. The van der Waals surface area contributed by atoms with E-state index in [9.17, 15) is 24.3 Å². The summed E-state index contributed by atoms with van der Waals surface area (Å²) in [4.78, 5) is 55.4. The lowest BCUT2D eigenvalue weighted by molar-refractivity contribution is -0.148. The van der Waals surface area contributed by atoms with Gasteiger partial charge in [-0.25, -0.2) is 5.43 Å². The van der Waals surface area contributed by atoms with E-state index in [1.54, 1.807) is 6.92 Å². The average Bonchev–Trinajstić information content (AvgIpc) is 3.74. The maximum Gasteiger partial charge on any atom is 0.322 e. The van der Waals surface area contributed by atoms with Gasteiger partial charge in [-0.05, 0) is 62.6 Å². The van der Waals surface area contributed by atoms with Crippen molar-refractivity contribution in [3.63, 3.8) is 0 Å². The van der Waals surface area contributed by atoms with Crippen molar-refractivity contribution < 1.29 is 24.3 Å². The highest BCUT2D eigenvalue weighted by molar-refractivity contribution is 5.95. The monoisotopic (exact) mass is 549 g/mol. The molecule has 0 spiro atoms. The third-order valence-electron chi connectivity index (χ3n) is 7.69. The number of aliphatic carboxylic acids is 1. The number of aryl methyl sites for hydroxylation is 1.